The van der Waals surface area contributed by atoms with Crippen LogP contribution in [0.3, 0.4) is 0 Å². The Morgan fingerprint density at radius 1 is 1.26 bits per heavy atom. The monoisotopic (exact) mass is 326 g/mol. The number of halogens is 1. The maximum atomic E-state index is 12.8. The minimum absolute atomic E-state index is 0.00452. The first kappa shape index (κ1) is 17.1. The molecule has 0 aliphatic heterocycles. The maximum Gasteiger partial charge on any atom is 0.230 e. The van der Waals surface area contributed by atoms with Crippen molar-refractivity contribution in [2.75, 3.05) is 4.90 Å². The van der Waals surface area contributed by atoms with Crippen LogP contribution in [-0.2, 0) is 11.3 Å². The second kappa shape index (κ2) is 7.80. The van der Waals surface area contributed by atoms with E-state index in [2.05, 4.69) is 6.07 Å². The molecule has 0 bridgehead atoms. The van der Waals surface area contributed by atoms with Crippen molar-refractivity contribution < 1.29 is 4.79 Å². The summed E-state index contributed by atoms with van der Waals surface area (Å²) in [6, 6.07) is 16.9. The molecule has 118 valence electrons. The van der Waals surface area contributed by atoms with Crippen LogP contribution in [0.5, 0.6) is 0 Å². The lowest BCUT2D eigenvalue weighted by Gasteiger charge is -2.26. The predicted molar refractivity (Wildman–Crippen MR) is 93.3 cm³/mol. The molecule has 0 aromatic heterocycles. The highest BCUT2D eigenvalue weighted by Gasteiger charge is 2.23. The van der Waals surface area contributed by atoms with Crippen LogP contribution >= 0.6 is 11.6 Å². The lowest BCUT2D eigenvalue weighted by Crippen LogP contribution is -2.35. The summed E-state index contributed by atoms with van der Waals surface area (Å²) in [5.41, 5.74) is 2.02. The molecule has 0 N–H and O–H groups in total. The smallest absolute Gasteiger partial charge is 0.230 e. The van der Waals surface area contributed by atoms with Gasteiger partial charge in [-0.25, -0.2) is 0 Å². The largest absolute Gasteiger partial charge is 0.306 e. The molecule has 0 spiro atoms. The Balaban J connectivity index is 2.47. The number of anilines is 1. The zero-order chi connectivity index (χ0) is 16.8. The van der Waals surface area contributed by atoms with E-state index < -0.39 is 0 Å². The number of benzene rings is 2. The van der Waals surface area contributed by atoms with E-state index in [1.54, 1.807) is 23.1 Å². The Kier molecular flexibility index (Phi) is 5.78. The molecule has 0 saturated carbocycles. The van der Waals surface area contributed by atoms with Crippen LogP contribution in [0.1, 0.15) is 31.4 Å². The molecular formula is C19H19ClN2O. The molecule has 4 heteroatoms. The third-order valence-electron chi connectivity index (χ3n) is 3.85. The van der Waals surface area contributed by atoms with Gasteiger partial charge in [0.25, 0.3) is 0 Å². The highest BCUT2D eigenvalue weighted by Crippen LogP contribution is 2.28. The molecule has 2 aromatic carbocycles. The maximum absolute atomic E-state index is 12.8. The van der Waals surface area contributed by atoms with E-state index in [-0.39, 0.29) is 11.8 Å². The first-order valence-electron chi connectivity index (χ1n) is 7.61. The molecule has 0 fully saturated rings. The van der Waals surface area contributed by atoms with Crippen LogP contribution < -0.4 is 4.90 Å². The zero-order valence-electron chi connectivity index (χ0n) is 13.3. The summed E-state index contributed by atoms with van der Waals surface area (Å²) in [6.45, 7) is 4.29. The number of hydrogen-bond acceptors (Lipinski definition) is 2. The van der Waals surface area contributed by atoms with Gasteiger partial charge >= 0.3 is 0 Å². The summed E-state index contributed by atoms with van der Waals surface area (Å²) >= 11 is 6.09. The summed E-state index contributed by atoms with van der Waals surface area (Å²) in [7, 11) is 0. The van der Waals surface area contributed by atoms with Gasteiger partial charge < -0.3 is 4.90 Å². The topological polar surface area (TPSA) is 44.1 Å². The lowest BCUT2D eigenvalue weighted by atomic mass is 10.0. The molecule has 0 aliphatic carbocycles. The van der Waals surface area contributed by atoms with Crippen LogP contribution in [-0.4, -0.2) is 5.91 Å². The Bertz CT molecular complexity index is 722. The fourth-order valence-corrected chi connectivity index (χ4v) is 2.48. The van der Waals surface area contributed by atoms with Gasteiger partial charge in [0.05, 0.1) is 17.8 Å². The van der Waals surface area contributed by atoms with Crippen molar-refractivity contribution in [3.63, 3.8) is 0 Å². The van der Waals surface area contributed by atoms with Crippen molar-refractivity contribution >= 4 is 23.2 Å². The van der Waals surface area contributed by atoms with Gasteiger partial charge in [-0.2, -0.15) is 5.26 Å². The van der Waals surface area contributed by atoms with Crippen molar-refractivity contribution in [1.82, 2.24) is 0 Å². The van der Waals surface area contributed by atoms with Crippen LogP contribution in [0.2, 0.25) is 5.02 Å². The molecule has 0 radical (unpaired) electrons. The summed E-state index contributed by atoms with van der Waals surface area (Å²) in [5.74, 6) is -0.126. The Morgan fingerprint density at radius 2 is 1.96 bits per heavy atom. The Labute approximate surface area is 142 Å². The van der Waals surface area contributed by atoms with E-state index in [1.807, 2.05) is 44.2 Å². The summed E-state index contributed by atoms with van der Waals surface area (Å²) in [5, 5.41) is 9.88. The number of carbonyl (C=O) groups excluding carboxylic acids is 1. The van der Waals surface area contributed by atoms with E-state index in [4.69, 9.17) is 11.6 Å². The second-order valence-corrected chi connectivity index (χ2v) is 5.93. The number of nitrogens with zero attached hydrogens (tertiary/aromatic N) is 2. The van der Waals surface area contributed by atoms with Gasteiger partial charge in [-0.15, -0.1) is 0 Å². The quantitative estimate of drug-likeness (QED) is 0.792. The number of amides is 1. The number of carbonyl (C=O) groups is 1. The first-order chi connectivity index (χ1) is 11.1. The minimum Gasteiger partial charge on any atom is -0.306 e. The fourth-order valence-electron chi connectivity index (χ4n) is 2.31. The zero-order valence-corrected chi connectivity index (χ0v) is 14.0. The van der Waals surface area contributed by atoms with Crippen molar-refractivity contribution in [2.45, 2.75) is 26.8 Å². The van der Waals surface area contributed by atoms with Gasteiger partial charge in [-0.3, -0.25) is 4.79 Å². The van der Waals surface area contributed by atoms with E-state index in [0.29, 0.717) is 22.8 Å². The summed E-state index contributed by atoms with van der Waals surface area (Å²) in [6.07, 6.45) is 0.743. The summed E-state index contributed by atoms with van der Waals surface area (Å²) in [4.78, 5) is 14.5. The first-order valence-corrected chi connectivity index (χ1v) is 7.99. The van der Waals surface area contributed by atoms with E-state index >= 15 is 0 Å². The number of nitriles is 1. The average Bonchev–Trinajstić information content (AvgIpc) is 2.59. The molecule has 1 atom stereocenters. The highest BCUT2D eigenvalue weighted by molar-refractivity contribution is 6.31. The minimum atomic E-state index is -0.121. The normalized spacial score (nSPS) is 11.6. The van der Waals surface area contributed by atoms with Crippen LogP contribution in [0.25, 0.3) is 0 Å². The molecule has 23 heavy (non-hydrogen) atoms. The van der Waals surface area contributed by atoms with Gasteiger partial charge in [-0.05, 0) is 30.2 Å². The van der Waals surface area contributed by atoms with Crippen LogP contribution in [0, 0.1) is 17.2 Å². The van der Waals surface area contributed by atoms with E-state index in [0.717, 1.165) is 12.0 Å². The average molecular weight is 327 g/mol. The highest BCUT2D eigenvalue weighted by atomic mass is 35.5. The molecule has 3 nitrogen and oxygen atoms in total. The number of rotatable bonds is 5. The molecule has 2 rings (SSSR count). The third-order valence-corrected chi connectivity index (χ3v) is 4.09. The van der Waals surface area contributed by atoms with Gasteiger partial charge in [0.2, 0.25) is 5.91 Å². The van der Waals surface area contributed by atoms with Crippen LogP contribution in [0.4, 0.5) is 5.69 Å². The Morgan fingerprint density at radius 3 is 2.57 bits per heavy atom. The number of hydrogen-bond donors (Lipinski definition) is 0. The van der Waals surface area contributed by atoms with Gasteiger partial charge in [0.15, 0.2) is 0 Å². The standard InChI is InChI=1S/C19H19ClN2O/c1-3-14(2)19(23)22(13-15-7-5-4-6-8-15)18-11-17(20)10-9-16(18)12-21/h4-11,14H,3,13H2,1-2H3. The van der Waals surface area contributed by atoms with E-state index in [1.165, 1.54) is 0 Å². The van der Waals surface area contributed by atoms with Gasteiger partial charge in [-0.1, -0.05) is 55.8 Å². The molecule has 1 unspecified atom stereocenters. The van der Waals surface area contributed by atoms with Crippen molar-refractivity contribution in [3.8, 4) is 6.07 Å². The van der Waals surface area contributed by atoms with Gasteiger partial charge in [0.1, 0.15) is 6.07 Å². The SMILES string of the molecule is CCC(C)C(=O)N(Cc1ccccc1)c1cc(Cl)ccc1C#N. The molecule has 2 aromatic rings. The molecule has 0 aliphatic rings. The predicted octanol–water partition coefficient (Wildman–Crippen LogP) is 4.79. The fraction of sp³-hybridized carbons (Fsp3) is 0.263. The third kappa shape index (κ3) is 4.12. The lowest BCUT2D eigenvalue weighted by molar-refractivity contribution is -0.122. The van der Waals surface area contributed by atoms with Gasteiger partial charge in [0, 0.05) is 10.9 Å². The van der Waals surface area contributed by atoms with Crippen molar-refractivity contribution in [2.24, 2.45) is 5.92 Å². The Hall–Kier alpha value is -2.31. The molecule has 0 heterocycles. The van der Waals surface area contributed by atoms with Crippen LogP contribution in [0.15, 0.2) is 48.5 Å². The molecule has 1 amide bonds. The summed E-state index contributed by atoms with van der Waals surface area (Å²) < 4.78 is 0. The van der Waals surface area contributed by atoms with Crippen molar-refractivity contribution in [3.05, 3.63) is 64.7 Å². The second-order valence-electron chi connectivity index (χ2n) is 5.49. The van der Waals surface area contributed by atoms with Crippen molar-refractivity contribution in [1.29, 1.82) is 5.26 Å². The van der Waals surface area contributed by atoms with E-state index in [9.17, 15) is 10.1 Å². The molecular weight excluding hydrogens is 308 g/mol. The molecule has 0 saturated heterocycles.